The highest BCUT2D eigenvalue weighted by molar-refractivity contribution is 5.86. The molecule has 92 valence electrons. The average Bonchev–Trinajstić information content (AvgIpc) is 2.28. The van der Waals surface area contributed by atoms with Gasteiger partial charge in [-0.2, -0.15) is 0 Å². The van der Waals surface area contributed by atoms with Crippen LogP contribution in [0.25, 0.3) is 0 Å². The molecule has 0 spiro atoms. The first-order valence-electron chi connectivity index (χ1n) is 5.56. The van der Waals surface area contributed by atoms with Gasteiger partial charge in [-0.3, -0.25) is 4.79 Å². The van der Waals surface area contributed by atoms with E-state index in [1.54, 1.807) is 6.92 Å². The van der Waals surface area contributed by atoms with Gasteiger partial charge in [-0.05, 0) is 12.0 Å². The molecule has 17 heavy (non-hydrogen) atoms. The van der Waals surface area contributed by atoms with Crippen molar-refractivity contribution in [3.63, 3.8) is 0 Å². The molecule has 0 aliphatic carbocycles. The molecule has 1 amide bonds. The molecule has 0 saturated carbocycles. The maximum atomic E-state index is 11.4. The van der Waals surface area contributed by atoms with E-state index in [1.807, 2.05) is 30.3 Å². The van der Waals surface area contributed by atoms with Crippen LogP contribution in [0.2, 0.25) is 0 Å². The van der Waals surface area contributed by atoms with Crippen molar-refractivity contribution in [3.8, 4) is 0 Å². The van der Waals surface area contributed by atoms with E-state index >= 15 is 0 Å². The van der Waals surface area contributed by atoms with Crippen LogP contribution >= 0.6 is 0 Å². The Labute approximate surface area is 101 Å². The van der Waals surface area contributed by atoms with Gasteiger partial charge in [-0.25, -0.2) is 4.79 Å². The molecule has 0 fully saturated rings. The monoisotopic (exact) mass is 235 g/mol. The summed E-state index contributed by atoms with van der Waals surface area (Å²) in [5.41, 5.74) is -0.321. The number of aliphatic carboxylic acids is 1. The zero-order chi connectivity index (χ0) is 12.9. The molecule has 2 N–H and O–H groups in total. The lowest BCUT2D eigenvalue weighted by molar-refractivity contribution is -0.147. The van der Waals surface area contributed by atoms with E-state index in [-0.39, 0.29) is 5.91 Å². The summed E-state index contributed by atoms with van der Waals surface area (Å²) >= 11 is 0. The maximum absolute atomic E-state index is 11.4. The Morgan fingerprint density at radius 3 is 2.29 bits per heavy atom. The van der Waals surface area contributed by atoms with Crippen LogP contribution in [0.5, 0.6) is 0 Å². The van der Waals surface area contributed by atoms with Crippen molar-refractivity contribution in [1.29, 1.82) is 0 Å². The molecule has 1 rings (SSSR count). The summed E-state index contributed by atoms with van der Waals surface area (Å²) in [4.78, 5) is 22.5. The summed E-state index contributed by atoms with van der Waals surface area (Å²) in [7, 11) is 0. The number of benzene rings is 1. The second-order valence-electron chi connectivity index (χ2n) is 4.08. The molecule has 4 heteroatoms. The van der Waals surface area contributed by atoms with Crippen LogP contribution in [0.15, 0.2) is 30.3 Å². The molecule has 1 aromatic carbocycles. The number of amides is 1. The first-order chi connectivity index (χ1) is 8.00. The number of carbonyl (C=O) groups is 2. The number of hydrogen-bond acceptors (Lipinski definition) is 2. The molecule has 1 atom stereocenters. The maximum Gasteiger partial charge on any atom is 0.329 e. The second kappa shape index (κ2) is 5.48. The minimum absolute atomic E-state index is 0.291. The fraction of sp³-hybridized carbons (Fsp3) is 0.385. The van der Waals surface area contributed by atoms with E-state index in [1.165, 1.54) is 6.92 Å². The Bertz CT molecular complexity index is 402. The highest BCUT2D eigenvalue weighted by Gasteiger charge is 2.37. The highest BCUT2D eigenvalue weighted by Crippen LogP contribution is 2.18. The summed E-state index contributed by atoms with van der Waals surface area (Å²) in [5.74, 6) is -1.33. The van der Waals surface area contributed by atoms with Crippen molar-refractivity contribution in [2.75, 3.05) is 0 Å². The third-order valence-electron chi connectivity index (χ3n) is 2.78. The van der Waals surface area contributed by atoms with E-state index in [9.17, 15) is 14.7 Å². The SMILES string of the molecule is CCC(Cc1ccccc1)(NC(C)=O)C(=O)O. The third-order valence-corrected chi connectivity index (χ3v) is 2.78. The molecule has 0 aliphatic rings. The van der Waals surface area contributed by atoms with Crippen molar-refractivity contribution in [2.24, 2.45) is 0 Å². The largest absolute Gasteiger partial charge is 0.479 e. The van der Waals surface area contributed by atoms with Crippen LogP contribution in [0, 0.1) is 0 Å². The minimum Gasteiger partial charge on any atom is -0.479 e. The zero-order valence-electron chi connectivity index (χ0n) is 10.1. The number of carbonyl (C=O) groups excluding carboxylic acids is 1. The highest BCUT2D eigenvalue weighted by atomic mass is 16.4. The topological polar surface area (TPSA) is 66.4 Å². The Morgan fingerprint density at radius 1 is 1.29 bits per heavy atom. The van der Waals surface area contributed by atoms with Gasteiger partial charge in [0, 0.05) is 13.3 Å². The normalized spacial score (nSPS) is 13.8. The van der Waals surface area contributed by atoms with E-state index in [2.05, 4.69) is 5.32 Å². The standard InChI is InChI=1S/C13H17NO3/c1-3-13(12(16)17,14-10(2)15)9-11-7-5-4-6-8-11/h4-8H,3,9H2,1-2H3,(H,14,15)(H,16,17). The number of carboxylic acids is 1. The summed E-state index contributed by atoms with van der Waals surface area (Å²) in [6.07, 6.45) is 0.635. The molecule has 0 heterocycles. The molecule has 0 aliphatic heterocycles. The van der Waals surface area contributed by atoms with Crippen molar-refractivity contribution in [3.05, 3.63) is 35.9 Å². The van der Waals surface area contributed by atoms with Crippen molar-refractivity contribution in [2.45, 2.75) is 32.2 Å². The van der Waals surface area contributed by atoms with Gasteiger partial charge >= 0.3 is 5.97 Å². The summed E-state index contributed by atoms with van der Waals surface area (Å²) in [5, 5.41) is 11.9. The first kappa shape index (κ1) is 13.2. The van der Waals surface area contributed by atoms with Gasteiger partial charge < -0.3 is 10.4 Å². The fourth-order valence-corrected chi connectivity index (χ4v) is 1.82. The van der Waals surface area contributed by atoms with Gasteiger partial charge in [0.15, 0.2) is 0 Å². The Morgan fingerprint density at radius 2 is 1.88 bits per heavy atom. The predicted molar refractivity (Wildman–Crippen MR) is 64.6 cm³/mol. The van der Waals surface area contributed by atoms with Crippen LogP contribution in [0.4, 0.5) is 0 Å². The van der Waals surface area contributed by atoms with Crippen LogP contribution in [0.3, 0.4) is 0 Å². The fourth-order valence-electron chi connectivity index (χ4n) is 1.82. The quantitative estimate of drug-likeness (QED) is 0.814. The van der Waals surface area contributed by atoms with Crippen LogP contribution in [-0.4, -0.2) is 22.5 Å². The molecular formula is C13H17NO3. The lowest BCUT2D eigenvalue weighted by Crippen LogP contribution is -2.55. The average molecular weight is 235 g/mol. The molecule has 1 unspecified atom stereocenters. The van der Waals surface area contributed by atoms with Crippen LogP contribution < -0.4 is 5.32 Å². The molecule has 0 radical (unpaired) electrons. The smallest absolute Gasteiger partial charge is 0.329 e. The van der Waals surface area contributed by atoms with Crippen molar-refractivity contribution in [1.82, 2.24) is 5.32 Å². The van der Waals surface area contributed by atoms with Gasteiger partial charge in [-0.15, -0.1) is 0 Å². The lowest BCUT2D eigenvalue weighted by atomic mass is 9.88. The third kappa shape index (κ3) is 3.31. The predicted octanol–water partition coefficient (Wildman–Crippen LogP) is 1.60. The van der Waals surface area contributed by atoms with E-state index < -0.39 is 11.5 Å². The van der Waals surface area contributed by atoms with E-state index in [4.69, 9.17) is 0 Å². The van der Waals surface area contributed by atoms with Gasteiger partial charge in [0.05, 0.1) is 0 Å². The summed E-state index contributed by atoms with van der Waals surface area (Å²) in [6, 6.07) is 9.29. The Balaban J connectivity index is 2.98. The van der Waals surface area contributed by atoms with E-state index in [0.717, 1.165) is 5.56 Å². The zero-order valence-corrected chi connectivity index (χ0v) is 10.1. The number of rotatable bonds is 5. The van der Waals surface area contributed by atoms with Crippen molar-refractivity contribution < 1.29 is 14.7 Å². The van der Waals surface area contributed by atoms with Gasteiger partial charge in [-0.1, -0.05) is 37.3 Å². The van der Waals surface area contributed by atoms with Gasteiger partial charge in [0.2, 0.25) is 5.91 Å². The second-order valence-corrected chi connectivity index (χ2v) is 4.08. The van der Waals surface area contributed by atoms with Gasteiger partial charge in [0.25, 0.3) is 0 Å². The Hall–Kier alpha value is -1.84. The number of hydrogen-bond donors (Lipinski definition) is 2. The number of carboxylic acid groups (broad SMARTS) is 1. The van der Waals surface area contributed by atoms with Crippen LogP contribution in [0.1, 0.15) is 25.8 Å². The molecule has 0 bridgehead atoms. The Kier molecular flexibility index (Phi) is 4.26. The molecule has 1 aromatic rings. The van der Waals surface area contributed by atoms with E-state index in [0.29, 0.717) is 12.8 Å². The summed E-state index contributed by atoms with van der Waals surface area (Å²) < 4.78 is 0. The lowest BCUT2D eigenvalue weighted by Gasteiger charge is -2.29. The first-order valence-corrected chi connectivity index (χ1v) is 5.56. The van der Waals surface area contributed by atoms with Gasteiger partial charge in [0.1, 0.15) is 5.54 Å². The summed E-state index contributed by atoms with van der Waals surface area (Å²) in [6.45, 7) is 3.09. The molecule has 0 saturated heterocycles. The minimum atomic E-state index is -1.22. The molecule has 0 aromatic heterocycles. The van der Waals surface area contributed by atoms with Crippen LogP contribution in [-0.2, 0) is 16.0 Å². The van der Waals surface area contributed by atoms with Crippen molar-refractivity contribution >= 4 is 11.9 Å². The molecule has 4 nitrogen and oxygen atoms in total. The molecular weight excluding hydrogens is 218 g/mol. The number of nitrogens with one attached hydrogen (secondary N) is 1.